The van der Waals surface area contributed by atoms with E-state index < -0.39 is 20.8 Å². The molecule has 0 aliphatic rings. The molecule has 0 aliphatic carbocycles. The average Bonchev–Trinajstić information content (AvgIpc) is 1.12. The number of hydrogen-bond acceptors (Lipinski definition) is 4. The Morgan fingerprint density at radius 1 is 0.615 bits per heavy atom. The molecule has 0 saturated carbocycles. The second kappa shape index (κ2) is 10.5. The Hall–Kier alpha value is 0.374. The van der Waals surface area contributed by atoms with E-state index in [2.05, 4.69) is 0 Å². The predicted molar refractivity (Wildman–Crippen MR) is 35.6 cm³/mol. The summed E-state index contributed by atoms with van der Waals surface area (Å²) < 4.78 is 63.2. The number of hydrogen-bond donors (Lipinski definition) is 4. The van der Waals surface area contributed by atoms with Crippen molar-refractivity contribution in [3.05, 3.63) is 0 Å². The SMILES string of the molecule is O.O.O=S(=O)(O)O.O=S(=O)(O)O.[Ti]. The first-order chi connectivity index (χ1) is 4.00. The summed E-state index contributed by atoms with van der Waals surface area (Å²) in [5.41, 5.74) is 0. The van der Waals surface area contributed by atoms with Crippen LogP contribution in [0.5, 0.6) is 0 Å². The van der Waals surface area contributed by atoms with Crippen molar-refractivity contribution in [1.29, 1.82) is 0 Å². The van der Waals surface area contributed by atoms with Crippen molar-refractivity contribution >= 4 is 20.8 Å². The van der Waals surface area contributed by atoms with E-state index in [-0.39, 0.29) is 32.7 Å². The van der Waals surface area contributed by atoms with Crippen molar-refractivity contribution in [2.45, 2.75) is 0 Å². The summed E-state index contributed by atoms with van der Waals surface area (Å²) in [6.45, 7) is 0. The van der Waals surface area contributed by atoms with Crippen molar-refractivity contribution in [2.75, 3.05) is 0 Å². The van der Waals surface area contributed by atoms with Gasteiger partial charge < -0.3 is 11.0 Å². The van der Waals surface area contributed by atoms with Crippen molar-refractivity contribution in [1.82, 2.24) is 0 Å². The van der Waals surface area contributed by atoms with E-state index in [1.807, 2.05) is 0 Å². The topological polar surface area (TPSA) is 212 Å². The first-order valence-corrected chi connectivity index (χ1v) is 4.19. The molecular weight excluding hydrogens is 272 g/mol. The maximum absolute atomic E-state index is 8.74. The van der Waals surface area contributed by atoms with Crippen LogP contribution in [0.3, 0.4) is 0 Å². The Balaban J connectivity index is -0.0000000267. The minimum Gasteiger partial charge on any atom is -0.412 e. The zero-order chi connectivity index (χ0) is 9.00. The maximum Gasteiger partial charge on any atom is 0.394 e. The van der Waals surface area contributed by atoms with Gasteiger partial charge in [-0.25, -0.2) is 0 Å². The van der Waals surface area contributed by atoms with Gasteiger partial charge in [0.05, 0.1) is 0 Å². The molecule has 0 saturated heterocycles. The van der Waals surface area contributed by atoms with E-state index >= 15 is 0 Å². The zero-order valence-electron chi connectivity index (χ0n) is 5.74. The van der Waals surface area contributed by atoms with Crippen LogP contribution in [-0.2, 0) is 42.5 Å². The van der Waals surface area contributed by atoms with E-state index in [9.17, 15) is 0 Å². The molecule has 0 rings (SSSR count). The summed E-state index contributed by atoms with van der Waals surface area (Å²) in [6, 6.07) is 0. The van der Waals surface area contributed by atoms with E-state index in [1.165, 1.54) is 0 Å². The first kappa shape index (κ1) is 29.2. The van der Waals surface area contributed by atoms with Crippen molar-refractivity contribution in [2.24, 2.45) is 0 Å². The second-order valence-corrected chi connectivity index (χ2v) is 2.69. The van der Waals surface area contributed by atoms with Crippen LogP contribution >= 0.6 is 0 Å². The molecule has 0 aromatic heterocycles. The van der Waals surface area contributed by atoms with Gasteiger partial charge in [-0.05, 0) is 0 Å². The summed E-state index contributed by atoms with van der Waals surface area (Å²) >= 11 is 0. The molecule has 0 unspecified atom stereocenters. The van der Waals surface area contributed by atoms with Gasteiger partial charge in [0.25, 0.3) is 0 Å². The quantitative estimate of drug-likeness (QED) is 0.265. The van der Waals surface area contributed by atoms with Gasteiger partial charge in [0.1, 0.15) is 0 Å². The zero-order valence-corrected chi connectivity index (χ0v) is 8.93. The molecule has 0 aromatic rings. The van der Waals surface area contributed by atoms with E-state index in [4.69, 9.17) is 35.0 Å². The van der Waals surface area contributed by atoms with Gasteiger partial charge in [-0.2, -0.15) is 16.8 Å². The predicted octanol–water partition coefficient (Wildman–Crippen LogP) is -2.96. The van der Waals surface area contributed by atoms with E-state index in [0.717, 1.165) is 0 Å². The van der Waals surface area contributed by atoms with Crippen LogP contribution in [0, 0.1) is 0 Å². The third-order valence-corrected chi connectivity index (χ3v) is 0. The first-order valence-electron chi connectivity index (χ1n) is 1.40. The molecule has 0 radical (unpaired) electrons. The summed E-state index contributed by atoms with van der Waals surface area (Å²) in [5.74, 6) is 0. The van der Waals surface area contributed by atoms with Gasteiger partial charge >= 0.3 is 20.8 Å². The smallest absolute Gasteiger partial charge is 0.394 e. The Bertz CT molecular complexity index is 209. The largest absolute Gasteiger partial charge is 0.412 e. The molecule has 0 heterocycles. The van der Waals surface area contributed by atoms with Gasteiger partial charge in [-0.3, -0.25) is 18.2 Å². The molecule has 10 nitrogen and oxygen atoms in total. The summed E-state index contributed by atoms with van der Waals surface area (Å²) in [6.07, 6.45) is 0. The number of rotatable bonds is 0. The third kappa shape index (κ3) is 9510. The molecule has 0 amide bonds. The standard InChI is InChI=1S/2H2O4S.2H2O.Ti/c2*1-5(2,3)4;;;/h2*(H2,1,2,3,4);2*1H2;. The molecule has 0 fully saturated rings. The van der Waals surface area contributed by atoms with Crippen LogP contribution in [0.2, 0.25) is 0 Å². The fourth-order valence-corrected chi connectivity index (χ4v) is 0. The molecule has 13 heavy (non-hydrogen) atoms. The summed E-state index contributed by atoms with van der Waals surface area (Å²) in [4.78, 5) is 0. The van der Waals surface area contributed by atoms with Crippen LogP contribution < -0.4 is 0 Å². The molecule has 8 N–H and O–H groups in total. The van der Waals surface area contributed by atoms with Gasteiger partial charge in [0.2, 0.25) is 0 Å². The Morgan fingerprint density at radius 3 is 0.615 bits per heavy atom. The normalized spacial score (nSPS) is 8.92. The molecule has 0 atom stereocenters. The van der Waals surface area contributed by atoms with Crippen LogP contribution in [0.1, 0.15) is 0 Å². The van der Waals surface area contributed by atoms with Crippen LogP contribution in [0.15, 0.2) is 0 Å². The molecule has 13 heteroatoms. The fourth-order valence-electron chi connectivity index (χ4n) is 0. The molecule has 0 aliphatic heterocycles. The minimum absolute atomic E-state index is 0. The van der Waals surface area contributed by atoms with Crippen LogP contribution in [0.25, 0.3) is 0 Å². The molecular formula is H8O10S2Ti. The second-order valence-electron chi connectivity index (χ2n) is 0.896. The van der Waals surface area contributed by atoms with E-state index in [1.54, 1.807) is 0 Å². The molecule has 0 spiro atoms. The summed E-state index contributed by atoms with van der Waals surface area (Å²) in [5, 5.41) is 0. The van der Waals surface area contributed by atoms with Gasteiger partial charge in [-0.15, -0.1) is 0 Å². The summed E-state index contributed by atoms with van der Waals surface area (Å²) in [7, 11) is -9.33. The van der Waals surface area contributed by atoms with Crippen LogP contribution in [0.4, 0.5) is 0 Å². The van der Waals surface area contributed by atoms with Gasteiger partial charge in [0.15, 0.2) is 0 Å². The molecule has 84 valence electrons. The van der Waals surface area contributed by atoms with E-state index in [0.29, 0.717) is 0 Å². The molecule has 0 bridgehead atoms. The fraction of sp³-hybridized carbons (Fsp3) is 0. The monoisotopic (exact) mass is 280 g/mol. The van der Waals surface area contributed by atoms with Crippen molar-refractivity contribution in [3.63, 3.8) is 0 Å². The van der Waals surface area contributed by atoms with Gasteiger partial charge in [-0.1, -0.05) is 0 Å². The third-order valence-electron chi connectivity index (χ3n) is 0. The Morgan fingerprint density at radius 2 is 0.615 bits per heavy atom. The van der Waals surface area contributed by atoms with Crippen LogP contribution in [-0.4, -0.2) is 46.0 Å². The van der Waals surface area contributed by atoms with Crippen molar-refractivity contribution < 1.29 is 67.7 Å². The minimum atomic E-state index is -4.67. The molecule has 0 aromatic carbocycles. The Labute approximate surface area is 88.6 Å². The maximum atomic E-state index is 8.74. The Kier molecular flexibility index (Phi) is 23.5. The van der Waals surface area contributed by atoms with Crippen molar-refractivity contribution in [3.8, 4) is 0 Å². The average molecular weight is 280 g/mol. The van der Waals surface area contributed by atoms with Gasteiger partial charge in [0, 0.05) is 21.7 Å².